The van der Waals surface area contributed by atoms with E-state index in [1.807, 2.05) is 36.0 Å². The summed E-state index contributed by atoms with van der Waals surface area (Å²) in [5, 5.41) is 31.1. The van der Waals surface area contributed by atoms with Gasteiger partial charge in [-0.1, -0.05) is 34.8 Å². The molecule has 50 heteroatoms. The highest BCUT2D eigenvalue weighted by Crippen LogP contribution is 2.35. The molecule has 48 nitrogen and oxygen atoms in total. The van der Waals surface area contributed by atoms with E-state index < -0.39 is 47.4 Å². The van der Waals surface area contributed by atoms with Crippen LogP contribution in [0.25, 0.3) is 45.1 Å². The first-order valence-corrected chi connectivity index (χ1v) is 48.8. The molecule has 2 amide bonds. The molecule has 0 spiro atoms. The molecule has 2 aromatic carbocycles. The Kier molecular flexibility index (Phi) is 48.4. The fourth-order valence-electron chi connectivity index (χ4n) is 13.3. The van der Waals surface area contributed by atoms with E-state index in [1.165, 1.54) is 11.3 Å². The molecule has 0 aliphatic heterocycles. The number of amides is 2. The summed E-state index contributed by atoms with van der Waals surface area (Å²) in [5.41, 5.74) is 34.4. The number of aromatic nitrogens is 16. The Morgan fingerprint density at radius 2 is 0.762 bits per heavy atom. The zero-order valence-electron chi connectivity index (χ0n) is 82.2. The number of ether oxygens (including phenoxy) is 11. The molecule has 2 unspecified atom stereocenters. The fraction of sp³-hybridized carbons (Fsp3) is 0.423. The third-order valence-electron chi connectivity index (χ3n) is 20.5. The Morgan fingerprint density at radius 1 is 0.401 bits per heavy atom. The number of fused-ring (bicyclic) bond motifs is 2. The quantitative estimate of drug-likeness (QED) is 0.00965. The molecule has 0 aliphatic carbocycles. The largest absolute Gasteiger partial charge is 0.480 e. The number of nitrogens with two attached hydrogens (primary N) is 5. The number of carbonyl (C=O) groups is 8. The average molecular weight is 2070 g/mol. The summed E-state index contributed by atoms with van der Waals surface area (Å²) in [5.74, 6) is -3.11. The maximum Gasteiger partial charge on any atom is 0.348 e. The van der Waals surface area contributed by atoms with E-state index in [9.17, 15) is 48.6 Å². The smallest absolute Gasteiger partial charge is 0.348 e. The number of ketones is 3. The van der Waals surface area contributed by atoms with Crippen molar-refractivity contribution in [3.8, 4) is 22.8 Å². The normalized spacial score (nSPS) is 11.6. The molecule has 0 radical (unpaired) electrons. The van der Waals surface area contributed by atoms with Gasteiger partial charge in [0.25, 0.3) is 11.8 Å². The van der Waals surface area contributed by atoms with Crippen molar-refractivity contribution in [1.82, 2.24) is 90.4 Å². The Hall–Kier alpha value is -14.7. The van der Waals surface area contributed by atoms with Gasteiger partial charge in [0.1, 0.15) is 50.4 Å². The number of carbonyl (C=O) groups excluding carboxylic acids is 6. The van der Waals surface area contributed by atoms with Crippen LogP contribution in [-0.2, 0) is 84.4 Å². The van der Waals surface area contributed by atoms with Crippen LogP contribution in [0.2, 0.25) is 0 Å². The number of carboxylic acid groups (broad SMARTS) is 2. The van der Waals surface area contributed by atoms with Gasteiger partial charge in [-0.2, -0.15) is 19.9 Å². The predicted octanol–water partition coefficient (Wildman–Crippen LogP) is 8.60. The lowest BCUT2D eigenvalue weighted by molar-refractivity contribution is -0.157. The van der Waals surface area contributed by atoms with Crippen LogP contribution < -0.4 is 59.7 Å². The number of aromatic carboxylic acids is 1. The minimum atomic E-state index is -1.24. The molecule has 16 N–H and O–H groups in total. The number of pyridine rings is 2. The molecule has 10 aromatic heterocycles. The van der Waals surface area contributed by atoms with Gasteiger partial charge in [-0.05, 0) is 138 Å². The maximum absolute atomic E-state index is 13.3. The van der Waals surface area contributed by atoms with Gasteiger partial charge in [-0.25, -0.2) is 64.2 Å². The highest BCUT2D eigenvalue weighted by atomic mass is 32.1. The molecular formula is C97H123N27O21S2. The van der Waals surface area contributed by atoms with Gasteiger partial charge in [-0.3, -0.25) is 33.9 Å². The van der Waals surface area contributed by atoms with Gasteiger partial charge in [-0.15, -0.1) is 0 Å². The number of hydrogen-bond acceptors (Lipinski definition) is 46. The van der Waals surface area contributed by atoms with Gasteiger partial charge >= 0.3 is 17.9 Å². The second kappa shape index (κ2) is 62.2. The minimum absolute atomic E-state index is 0.00753. The monoisotopic (exact) mass is 2070 g/mol. The average Bonchev–Trinajstić information content (AvgIpc) is 1.80. The van der Waals surface area contributed by atoms with Crippen molar-refractivity contribution in [3.63, 3.8) is 0 Å². The van der Waals surface area contributed by atoms with E-state index >= 15 is 0 Å². The van der Waals surface area contributed by atoms with Crippen LogP contribution in [0.1, 0.15) is 136 Å². The first-order chi connectivity index (χ1) is 71.1. The highest BCUT2D eigenvalue weighted by Gasteiger charge is 2.30. The van der Waals surface area contributed by atoms with Crippen molar-refractivity contribution in [2.24, 2.45) is 5.73 Å². The summed E-state index contributed by atoms with van der Waals surface area (Å²) >= 11 is 2.25. The van der Waals surface area contributed by atoms with Crippen LogP contribution >= 0.6 is 22.7 Å². The molecule has 10 heterocycles. The third-order valence-corrected chi connectivity index (χ3v) is 22.4. The Bertz CT molecular complexity index is 6100. The van der Waals surface area contributed by atoms with Gasteiger partial charge in [0.2, 0.25) is 23.8 Å². The molecule has 2 atom stereocenters. The molecule has 12 rings (SSSR count). The van der Waals surface area contributed by atoms with Crippen molar-refractivity contribution < 1.29 is 101 Å². The van der Waals surface area contributed by atoms with Crippen molar-refractivity contribution in [2.75, 3.05) is 196 Å². The van der Waals surface area contributed by atoms with Crippen molar-refractivity contribution >= 4 is 149 Å². The number of nitrogens with zero attached hydrogens (tertiary/aromatic N) is 18. The molecule has 147 heavy (non-hydrogen) atoms. The summed E-state index contributed by atoms with van der Waals surface area (Å²) in [6.07, 6.45) is 15.2. The molecule has 0 bridgehead atoms. The first-order valence-electron chi connectivity index (χ1n) is 47.1. The number of anilines is 10. The van der Waals surface area contributed by atoms with E-state index in [2.05, 4.69) is 101 Å². The zero-order chi connectivity index (χ0) is 105. The van der Waals surface area contributed by atoms with Crippen LogP contribution in [0.5, 0.6) is 0 Å². The number of esters is 1. The van der Waals surface area contributed by atoms with Gasteiger partial charge < -0.3 is 122 Å². The SMILES string of the molecule is CN(Cc1cnc2nc(N)nc(N)c2n1)c1ccc(C(=O)NC(CCC(=O)CCCOCCOCCOCCOCCOCCCC(=O)c2sc(Nc3ncccn3)nc2-c2ccccn2)C(=O)O)cc1.CN(Cc1cnc2nc(N)nc(N)c2n1)c1ccc(C(=O)NC(CCC(=O)CCCOCCOCCOCCOCCOCCN)C(=O)OC(C)(C)C)cc1.O=C(O)c1sc(Nc2ncccn2)nc1-c1ccccn1. The number of nitrogen functional groups attached to an aromatic ring is 4. The maximum atomic E-state index is 13.3. The zero-order valence-corrected chi connectivity index (χ0v) is 83.9. The number of carboxylic acids is 2. The third kappa shape index (κ3) is 41.0. The standard InChI is InChI=1S/C47H57N13O10S.C37H57N9O9.C13H9N5O2S/c1-60(30-32-29-53-42-39(54-32)41(48)57-45(49)58-42)33-12-10-31(11-13-33)43(63)55-36(44(64)65)15-14-34(61)7-4-19-66-21-23-68-25-27-70-28-26-69-24-22-67-20-5-9-37(62)40-38(35-8-2-3-16-50-35)56-47(71-40)59-46-51-17-6-18-52-46;1-37(2,3)55-35(49)30(12-11-29(47)6-5-14-50-16-18-52-20-22-54-23-21-53-19-17-51-15-13-38)43-34(48)26-7-9-28(10-8-26)46(4)25-27-24-41-33-31(42-27)32(39)44-36(40)45-33;19-11(20)10-9(8-4-1-2-5-14-8)17-13(21-10)18-12-15-6-3-7-16-12/h2-3,6,8,10-13,16-18,29,36H,4-5,7,9,14-15,19-28,30H2,1H3,(H,55,63)(H,64,65)(H,51,52,56,59)(H4,48,49,53,57,58);7-10,24,30H,5-6,11-23,25,38H2,1-4H3,(H,43,48)(H4,39,40,41,44,45);1-7H,(H,19,20)(H,15,16,17,18). The Morgan fingerprint density at radius 3 is 1.14 bits per heavy atom. The number of thiazole rings is 2. The van der Waals surface area contributed by atoms with Crippen molar-refractivity contribution in [1.29, 1.82) is 0 Å². The van der Waals surface area contributed by atoms with E-state index in [0.29, 0.717) is 260 Å². The summed E-state index contributed by atoms with van der Waals surface area (Å²) in [4.78, 5) is 173. The Labute approximate surface area is 855 Å². The number of aliphatic carboxylic acids is 1. The van der Waals surface area contributed by atoms with E-state index in [0.717, 1.165) is 22.7 Å². The van der Waals surface area contributed by atoms with Gasteiger partial charge in [0.05, 0.1) is 161 Å². The first kappa shape index (κ1) is 114. The van der Waals surface area contributed by atoms with E-state index in [1.54, 1.807) is 155 Å². The number of hydrogen-bond donors (Lipinski definition) is 11. The summed E-state index contributed by atoms with van der Waals surface area (Å²) in [6.45, 7) is 14.8. The van der Waals surface area contributed by atoms with Crippen molar-refractivity contribution in [2.45, 2.75) is 116 Å². The minimum Gasteiger partial charge on any atom is -0.480 e. The fourth-order valence-corrected chi connectivity index (χ4v) is 15.1. The number of rotatable bonds is 64. The highest BCUT2D eigenvalue weighted by molar-refractivity contribution is 7.18. The van der Waals surface area contributed by atoms with Crippen LogP contribution in [0.15, 0.2) is 147 Å². The second-order valence-corrected chi connectivity index (χ2v) is 35.1. The lowest BCUT2D eigenvalue weighted by Gasteiger charge is -2.24. The van der Waals surface area contributed by atoms with Crippen LogP contribution in [0.4, 0.5) is 57.1 Å². The lowest BCUT2D eigenvalue weighted by Crippen LogP contribution is -2.44. The van der Waals surface area contributed by atoms with Gasteiger partial charge in [0, 0.05) is 132 Å². The molecule has 0 fully saturated rings. The molecule has 12 aromatic rings. The van der Waals surface area contributed by atoms with E-state index in [-0.39, 0.29) is 96.3 Å². The van der Waals surface area contributed by atoms with Crippen LogP contribution in [0.3, 0.4) is 0 Å². The van der Waals surface area contributed by atoms with Crippen LogP contribution in [0, 0.1) is 0 Å². The predicted molar refractivity (Wildman–Crippen MR) is 547 cm³/mol. The van der Waals surface area contributed by atoms with Crippen molar-refractivity contribution in [3.05, 3.63) is 179 Å². The molecule has 0 saturated carbocycles. The van der Waals surface area contributed by atoms with Gasteiger partial charge in [0.15, 0.2) is 50.0 Å². The number of Topliss-reactive ketones (excluding diaryl/α,β-unsaturated/α-hetero) is 3. The molecular weight excluding hydrogens is 1940 g/mol. The molecule has 0 saturated heterocycles. The second-order valence-electron chi connectivity index (χ2n) is 33.1. The summed E-state index contributed by atoms with van der Waals surface area (Å²) in [6, 6.07) is 25.3. The summed E-state index contributed by atoms with van der Waals surface area (Å²) < 4.78 is 60.5. The number of benzene rings is 2. The van der Waals surface area contributed by atoms with E-state index in [4.69, 9.17) is 80.8 Å². The summed E-state index contributed by atoms with van der Waals surface area (Å²) in [7, 11) is 3.70. The van der Waals surface area contributed by atoms with Crippen LogP contribution in [-0.4, -0.2) is 307 Å². The number of nitrogens with one attached hydrogen (secondary N) is 4. The molecule has 784 valence electrons. The lowest BCUT2D eigenvalue weighted by atomic mass is 10.0. The topological polar surface area (TPSA) is 669 Å². The Balaban J connectivity index is 0.000000256. The molecule has 0 aliphatic rings.